The Labute approximate surface area is 123 Å². The Hall–Kier alpha value is -2.61. The highest BCUT2D eigenvalue weighted by Gasteiger charge is 2.22. The third-order valence-electron chi connectivity index (χ3n) is 2.87. The normalized spacial score (nSPS) is 12.4. The molecule has 9 heteroatoms. The van der Waals surface area contributed by atoms with Crippen molar-refractivity contribution in [2.75, 3.05) is 6.79 Å². The average Bonchev–Trinajstić information content (AvgIpc) is 3.04. The summed E-state index contributed by atoms with van der Waals surface area (Å²) in [6.07, 6.45) is 1.24. The van der Waals surface area contributed by atoms with Gasteiger partial charge in [-0.2, -0.15) is 4.68 Å². The number of hydrogen-bond donors (Lipinski definition) is 0. The van der Waals surface area contributed by atoms with Crippen molar-refractivity contribution >= 4 is 23.2 Å². The molecular weight excluding hydrogens is 302 g/mol. The van der Waals surface area contributed by atoms with E-state index in [0.717, 1.165) is 4.68 Å². The van der Waals surface area contributed by atoms with Crippen LogP contribution in [0.25, 0.3) is 0 Å². The van der Waals surface area contributed by atoms with E-state index in [1.54, 1.807) is 18.2 Å². The van der Waals surface area contributed by atoms with Crippen molar-refractivity contribution in [3.8, 4) is 11.5 Å². The molecule has 108 valence electrons. The van der Waals surface area contributed by atoms with Crippen molar-refractivity contribution in [1.29, 1.82) is 0 Å². The zero-order chi connectivity index (χ0) is 15.0. The predicted octanol–water partition coefficient (Wildman–Crippen LogP) is 2.06. The Morgan fingerprint density at radius 3 is 2.90 bits per heavy atom. The second kappa shape index (κ2) is 5.06. The number of ether oxygens (including phenoxy) is 2. The Balaban J connectivity index is 1.80. The minimum Gasteiger partial charge on any atom is -0.454 e. The number of halogens is 1. The van der Waals surface area contributed by atoms with Crippen LogP contribution in [0.15, 0.2) is 24.4 Å². The average molecular weight is 310 g/mol. The number of Topliss-reactive ketones (excluding diaryl/α,β-unsaturated/α-hetero) is 1. The van der Waals surface area contributed by atoms with Gasteiger partial charge in [0.05, 0.1) is 11.3 Å². The second-order valence-corrected chi connectivity index (χ2v) is 4.65. The molecule has 1 aliphatic rings. The minimum atomic E-state index is -0.704. The molecule has 0 atom stereocenters. The fourth-order valence-corrected chi connectivity index (χ4v) is 2.12. The highest BCUT2D eigenvalue weighted by atomic mass is 35.5. The van der Waals surface area contributed by atoms with Gasteiger partial charge >= 0.3 is 5.82 Å². The summed E-state index contributed by atoms with van der Waals surface area (Å²) in [7, 11) is 0. The largest absolute Gasteiger partial charge is 0.454 e. The van der Waals surface area contributed by atoms with Crippen LogP contribution < -0.4 is 9.47 Å². The molecule has 0 fully saturated rings. The maximum Gasteiger partial charge on any atom is 0.408 e. The van der Waals surface area contributed by atoms with Gasteiger partial charge in [-0.15, -0.1) is 0 Å². The molecule has 0 saturated carbocycles. The van der Waals surface area contributed by atoms with Crippen molar-refractivity contribution in [2.24, 2.45) is 0 Å². The molecule has 2 aromatic rings. The van der Waals surface area contributed by atoms with Crippen molar-refractivity contribution in [3.05, 3.63) is 45.1 Å². The van der Waals surface area contributed by atoms with E-state index >= 15 is 0 Å². The maximum atomic E-state index is 12.1. The first kappa shape index (κ1) is 13.4. The third kappa shape index (κ3) is 2.52. The van der Waals surface area contributed by atoms with Gasteiger partial charge < -0.3 is 19.6 Å². The molecule has 0 N–H and O–H groups in total. The lowest BCUT2D eigenvalue weighted by Crippen LogP contribution is -2.11. The van der Waals surface area contributed by atoms with Crippen molar-refractivity contribution in [2.45, 2.75) is 6.54 Å². The topological polar surface area (TPSA) is 96.5 Å². The van der Waals surface area contributed by atoms with Gasteiger partial charge in [-0.25, -0.2) is 0 Å². The summed E-state index contributed by atoms with van der Waals surface area (Å²) in [5.74, 6) is 0.312. The van der Waals surface area contributed by atoms with E-state index in [-0.39, 0.29) is 24.1 Å². The van der Waals surface area contributed by atoms with Crippen LogP contribution in [0.5, 0.6) is 11.5 Å². The number of fused-ring (bicyclic) bond motifs is 1. The standard InChI is InChI=1S/C12H8ClN3O5/c13-8-4-15(14-12(8)16(18)19)5-9(17)7-1-2-10-11(3-7)21-6-20-10/h1-4H,5-6H2. The monoisotopic (exact) mass is 309 g/mol. The molecule has 3 rings (SSSR count). The summed E-state index contributed by atoms with van der Waals surface area (Å²) in [6, 6.07) is 4.79. The first-order chi connectivity index (χ1) is 10.0. The first-order valence-corrected chi connectivity index (χ1v) is 6.22. The van der Waals surface area contributed by atoms with Gasteiger partial charge in [-0.1, -0.05) is 11.6 Å². The van der Waals surface area contributed by atoms with Crippen LogP contribution in [-0.2, 0) is 6.54 Å². The van der Waals surface area contributed by atoms with Gasteiger partial charge in [0, 0.05) is 5.56 Å². The van der Waals surface area contributed by atoms with Gasteiger partial charge in [-0.3, -0.25) is 4.79 Å². The molecule has 0 bridgehead atoms. The number of ketones is 1. The number of carbonyl (C=O) groups excluding carboxylic acids is 1. The molecule has 0 spiro atoms. The molecule has 21 heavy (non-hydrogen) atoms. The van der Waals surface area contributed by atoms with Gasteiger partial charge in [0.2, 0.25) is 6.79 Å². The van der Waals surface area contributed by atoms with Crippen LogP contribution in [0.3, 0.4) is 0 Å². The van der Waals surface area contributed by atoms with E-state index in [4.69, 9.17) is 21.1 Å². The van der Waals surface area contributed by atoms with Crippen molar-refractivity contribution < 1.29 is 19.2 Å². The number of hydrogen-bond acceptors (Lipinski definition) is 6. The molecule has 0 unspecified atom stereocenters. The molecular formula is C12H8ClN3O5. The summed E-state index contributed by atoms with van der Waals surface area (Å²) in [6.45, 7) is -0.0405. The summed E-state index contributed by atoms with van der Waals surface area (Å²) >= 11 is 5.67. The van der Waals surface area contributed by atoms with E-state index in [0.29, 0.717) is 17.1 Å². The molecule has 0 saturated heterocycles. The van der Waals surface area contributed by atoms with E-state index < -0.39 is 10.7 Å². The SMILES string of the molecule is O=C(Cn1cc(Cl)c([N+](=O)[O-])n1)c1ccc2c(c1)OCO2. The number of nitrogens with zero attached hydrogens (tertiary/aromatic N) is 3. The number of rotatable bonds is 4. The molecule has 1 aromatic heterocycles. The molecule has 0 aliphatic carbocycles. The maximum absolute atomic E-state index is 12.1. The molecule has 8 nitrogen and oxygen atoms in total. The van der Waals surface area contributed by atoms with E-state index in [1.807, 2.05) is 0 Å². The van der Waals surface area contributed by atoms with Crippen LogP contribution in [0, 0.1) is 10.1 Å². The number of carbonyl (C=O) groups is 1. The van der Waals surface area contributed by atoms with E-state index in [9.17, 15) is 14.9 Å². The Morgan fingerprint density at radius 2 is 2.19 bits per heavy atom. The van der Waals surface area contributed by atoms with Crippen molar-refractivity contribution in [3.63, 3.8) is 0 Å². The van der Waals surface area contributed by atoms with Crippen LogP contribution in [0.2, 0.25) is 5.02 Å². The Bertz CT molecular complexity index is 742. The van der Waals surface area contributed by atoms with Crippen LogP contribution in [-0.4, -0.2) is 27.3 Å². The van der Waals surface area contributed by atoms with Gasteiger partial charge in [0.1, 0.15) is 6.54 Å². The smallest absolute Gasteiger partial charge is 0.408 e. The quantitative estimate of drug-likeness (QED) is 0.487. The van der Waals surface area contributed by atoms with E-state index in [1.165, 1.54) is 6.20 Å². The molecule has 1 aliphatic heterocycles. The van der Waals surface area contributed by atoms with Crippen LogP contribution >= 0.6 is 11.6 Å². The number of aromatic nitrogens is 2. The lowest BCUT2D eigenvalue weighted by atomic mass is 10.1. The highest BCUT2D eigenvalue weighted by molar-refractivity contribution is 6.32. The number of benzene rings is 1. The first-order valence-electron chi connectivity index (χ1n) is 5.85. The fourth-order valence-electron chi connectivity index (χ4n) is 1.90. The van der Waals surface area contributed by atoms with E-state index in [2.05, 4.69) is 5.10 Å². The molecule has 0 amide bonds. The molecule has 2 heterocycles. The summed E-state index contributed by atoms with van der Waals surface area (Å²) in [5.41, 5.74) is 0.397. The minimum absolute atomic E-state index is 0.113. The third-order valence-corrected chi connectivity index (χ3v) is 3.14. The molecule has 1 aromatic carbocycles. The lowest BCUT2D eigenvalue weighted by molar-refractivity contribution is -0.389. The Morgan fingerprint density at radius 1 is 1.43 bits per heavy atom. The predicted molar refractivity (Wildman–Crippen MR) is 70.8 cm³/mol. The summed E-state index contributed by atoms with van der Waals surface area (Å²) in [4.78, 5) is 22.1. The number of nitro groups is 1. The molecule has 0 radical (unpaired) electrons. The van der Waals surface area contributed by atoms with Crippen molar-refractivity contribution in [1.82, 2.24) is 9.78 Å². The summed E-state index contributed by atoms with van der Waals surface area (Å²) in [5, 5.41) is 14.2. The lowest BCUT2D eigenvalue weighted by Gasteiger charge is -2.01. The van der Waals surface area contributed by atoms with Gasteiger partial charge in [-0.05, 0) is 23.1 Å². The zero-order valence-corrected chi connectivity index (χ0v) is 11.2. The fraction of sp³-hybridized carbons (Fsp3) is 0.167. The van der Waals surface area contributed by atoms with Gasteiger partial charge in [0.15, 0.2) is 22.3 Å². The Kier molecular flexibility index (Phi) is 3.22. The summed E-state index contributed by atoms with van der Waals surface area (Å²) < 4.78 is 11.5. The highest BCUT2D eigenvalue weighted by Crippen LogP contribution is 2.32. The second-order valence-electron chi connectivity index (χ2n) is 4.25. The zero-order valence-electron chi connectivity index (χ0n) is 10.5. The van der Waals surface area contributed by atoms with Crippen LogP contribution in [0.4, 0.5) is 5.82 Å². The van der Waals surface area contributed by atoms with Gasteiger partial charge in [0.25, 0.3) is 0 Å². The van der Waals surface area contributed by atoms with Crippen LogP contribution in [0.1, 0.15) is 10.4 Å².